The first-order chi connectivity index (χ1) is 8.29. The van der Waals surface area contributed by atoms with Gasteiger partial charge in [-0.3, -0.25) is 0 Å². The predicted octanol–water partition coefficient (Wildman–Crippen LogP) is 2.85. The minimum Gasteiger partial charge on any atom is -0.467 e. The van der Waals surface area contributed by atoms with Gasteiger partial charge in [0.15, 0.2) is 5.82 Å². The highest BCUT2D eigenvalue weighted by Crippen LogP contribution is 2.20. The molecule has 0 aromatic carbocycles. The van der Waals surface area contributed by atoms with Gasteiger partial charge in [0.1, 0.15) is 5.02 Å². The van der Waals surface area contributed by atoms with Gasteiger partial charge in [-0.15, -0.1) is 0 Å². The Morgan fingerprint density at radius 3 is 3.12 bits per heavy atom. The van der Waals surface area contributed by atoms with E-state index in [0.29, 0.717) is 16.9 Å². The van der Waals surface area contributed by atoms with E-state index in [2.05, 4.69) is 32.1 Å². The third-order valence-electron chi connectivity index (χ3n) is 2.19. The van der Waals surface area contributed by atoms with E-state index >= 15 is 0 Å². The second kappa shape index (κ2) is 5.84. The number of thiophene rings is 1. The Morgan fingerprint density at radius 2 is 2.41 bits per heavy atom. The van der Waals surface area contributed by atoms with Crippen molar-refractivity contribution in [3.05, 3.63) is 33.6 Å². The molecule has 0 saturated carbocycles. The van der Waals surface area contributed by atoms with E-state index < -0.39 is 0 Å². The van der Waals surface area contributed by atoms with Crippen molar-refractivity contribution in [1.29, 1.82) is 0 Å². The van der Waals surface area contributed by atoms with E-state index in [-0.39, 0.29) is 0 Å². The van der Waals surface area contributed by atoms with Gasteiger partial charge in [0.05, 0.1) is 13.3 Å². The van der Waals surface area contributed by atoms with Gasteiger partial charge in [-0.05, 0) is 28.8 Å². The Bertz CT molecular complexity index is 476. The van der Waals surface area contributed by atoms with E-state index in [1.54, 1.807) is 11.3 Å². The number of nitrogens with zero attached hydrogens (tertiary/aromatic N) is 2. The van der Waals surface area contributed by atoms with Crippen molar-refractivity contribution in [1.82, 2.24) is 9.97 Å². The van der Waals surface area contributed by atoms with Crippen LogP contribution in [0.1, 0.15) is 5.56 Å². The lowest BCUT2D eigenvalue weighted by atomic mass is 10.2. The molecule has 17 heavy (non-hydrogen) atoms. The molecular weight excluding hydrogens is 258 g/mol. The summed E-state index contributed by atoms with van der Waals surface area (Å²) >= 11 is 7.67. The van der Waals surface area contributed by atoms with E-state index in [1.807, 2.05) is 0 Å². The zero-order valence-electron chi connectivity index (χ0n) is 9.31. The van der Waals surface area contributed by atoms with Crippen LogP contribution in [0.4, 0.5) is 5.82 Å². The first-order valence-corrected chi connectivity index (χ1v) is 6.43. The molecule has 6 heteroatoms. The molecule has 2 aromatic rings. The lowest BCUT2D eigenvalue weighted by Crippen LogP contribution is -2.07. The lowest BCUT2D eigenvalue weighted by Gasteiger charge is -2.07. The van der Waals surface area contributed by atoms with Crippen molar-refractivity contribution in [2.75, 3.05) is 19.0 Å². The molecule has 0 bridgehead atoms. The summed E-state index contributed by atoms with van der Waals surface area (Å²) in [5.74, 6) is 0.605. The summed E-state index contributed by atoms with van der Waals surface area (Å²) in [6, 6.07) is 2.42. The predicted molar refractivity (Wildman–Crippen MR) is 70.1 cm³/mol. The average Bonchev–Trinajstić information content (AvgIpc) is 2.84. The molecule has 2 aromatic heterocycles. The number of methoxy groups -OCH3 is 1. The third-order valence-corrected chi connectivity index (χ3v) is 3.20. The van der Waals surface area contributed by atoms with Crippen LogP contribution in [0.3, 0.4) is 0 Å². The number of ether oxygens (including phenoxy) is 1. The van der Waals surface area contributed by atoms with Crippen molar-refractivity contribution in [2.24, 2.45) is 0 Å². The van der Waals surface area contributed by atoms with E-state index in [9.17, 15) is 0 Å². The van der Waals surface area contributed by atoms with Crippen molar-refractivity contribution in [3.8, 4) is 6.01 Å². The van der Waals surface area contributed by atoms with Crippen LogP contribution in [0.2, 0.25) is 5.02 Å². The first kappa shape index (κ1) is 12.1. The van der Waals surface area contributed by atoms with Crippen LogP contribution in [0.15, 0.2) is 23.0 Å². The number of anilines is 1. The molecule has 0 amide bonds. The smallest absolute Gasteiger partial charge is 0.318 e. The fraction of sp³-hybridized carbons (Fsp3) is 0.273. The molecule has 0 saturated heterocycles. The molecule has 0 aliphatic carbocycles. The van der Waals surface area contributed by atoms with Crippen molar-refractivity contribution in [2.45, 2.75) is 6.42 Å². The molecule has 1 N–H and O–H groups in total. The summed E-state index contributed by atoms with van der Waals surface area (Å²) in [5, 5.41) is 7.86. The molecular formula is C11H12ClN3OS. The summed E-state index contributed by atoms with van der Waals surface area (Å²) in [7, 11) is 1.53. The van der Waals surface area contributed by atoms with Gasteiger partial charge in [-0.1, -0.05) is 11.6 Å². The Labute approximate surface area is 109 Å². The van der Waals surface area contributed by atoms with E-state index in [1.165, 1.54) is 18.9 Å². The molecule has 0 aliphatic heterocycles. The maximum atomic E-state index is 5.97. The minimum absolute atomic E-state index is 0.312. The fourth-order valence-electron chi connectivity index (χ4n) is 1.33. The molecule has 0 fully saturated rings. The molecule has 90 valence electrons. The summed E-state index contributed by atoms with van der Waals surface area (Å²) in [6.07, 6.45) is 2.46. The second-order valence-electron chi connectivity index (χ2n) is 3.36. The van der Waals surface area contributed by atoms with Gasteiger partial charge in [-0.25, -0.2) is 4.98 Å². The van der Waals surface area contributed by atoms with Crippen molar-refractivity contribution < 1.29 is 4.74 Å². The second-order valence-corrected chi connectivity index (χ2v) is 4.55. The number of hydrogen-bond acceptors (Lipinski definition) is 5. The summed E-state index contributed by atoms with van der Waals surface area (Å²) in [4.78, 5) is 8.05. The minimum atomic E-state index is 0.312. The molecule has 0 atom stereocenters. The van der Waals surface area contributed by atoms with Crippen LogP contribution >= 0.6 is 22.9 Å². The van der Waals surface area contributed by atoms with Gasteiger partial charge in [0, 0.05) is 6.54 Å². The fourth-order valence-corrected chi connectivity index (χ4v) is 2.19. The van der Waals surface area contributed by atoms with Crippen LogP contribution in [-0.4, -0.2) is 23.6 Å². The molecule has 0 aliphatic rings. The van der Waals surface area contributed by atoms with Gasteiger partial charge in [0.2, 0.25) is 0 Å². The highest BCUT2D eigenvalue weighted by Gasteiger charge is 2.04. The Balaban J connectivity index is 1.94. The van der Waals surface area contributed by atoms with Gasteiger partial charge in [-0.2, -0.15) is 16.3 Å². The summed E-state index contributed by atoms with van der Waals surface area (Å²) < 4.78 is 4.94. The molecule has 2 rings (SSSR count). The van der Waals surface area contributed by atoms with Crippen molar-refractivity contribution in [3.63, 3.8) is 0 Å². The van der Waals surface area contributed by atoms with Gasteiger partial charge in [0.25, 0.3) is 0 Å². The number of hydrogen-bond donors (Lipinski definition) is 1. The zero-order valence-corrected chi connectivity index (χ0v) is 10.9. The molecule has 4 nitrogen and oxygen atoms in total. The molecule has 0 unspecified atom stereocenters. The maximum absolute atomic E-state index is 5.97. The standard InChI is InChI=1S/C11H12ClN3OS/c1-16-11-14-6-9(12)10(15-11)13-4-2-8-3-5-17-7-8/h3,5-7H,2,4H2,1H3,(H,13,14,15). The average molecular weight is 270 g/mol. The summed E-state index contributed by atoms with van der Waals surface area (Å²) in [6.45, 7) is 0.774. The zero-order chi connectivity index (χ0) is 12.1. The van der Waals surface area contributed by atoms with Crippen LogP contribution in [0.25, 0.3) is 0 Å². The Kier molecular flexibility index (Phi) is 4.17. The van der Waals surface area contributed by atoms with E-state index in [4.69, 9.17) is 16.3 Å². The van der Waals surface area contributed by atoms with Crippen LogP contribution in [0.5, 0.6) is 6.01 Å². The highest BCUT2D eigenvalue weighted by molar-refractivity contribution is 7.07. The normalized spacial score (nSPS) is 10.2. The van der Waals surface area contributed by atoms with Crippen LogP contribution in [-0.2, 0) is 6.42 Å². The van der Waals surface area contributed by atoms with Gasteiger partial charge < -0.3 is 10.1 Å². The number of aromatic nitrogens is 2. The van der Waals surface area contributed by atoms with E-state index in [0.717, 1.165) is 13.0 Å². The highest BCUT2D eigenvalue weighted by atomic mass is 35.5. The monoisotopic (exact) mass is 269 g/mol. The summed E-state index contributed by atoms with van der Waals surface area (Å²) in [5.41, 5.74) is 1.31. The Morgan fingerprint density at radius 1 is 1.53 bits per heavy atom. The SMILES string of the molecule is COc1ncc(Cl)c(NCCc2ccsc2)n1. The quantitative estimate of drug-likeness (QED) is 0.907. The number of nitrogens with one attached hydrogen (secondary N) is 1. The number of halogens is 1. The van der Waals surface area contributed by atoms with Crippen molar-refractivity contribution >= 4 is 28.8 Å². The topological polar surface area (TPSA) is 47.0 Å². The first-order valence-electron chi connectivity index (χ1n) is 5.11. The maximum Gasteiger partial charge on any atom is 0.318 e. The lowest BCUT2D eigenvalue weighted by molar-refractivity contribution is 0.380. The number of rotatable bonds is 5. The molecule has 2 heterocycles. The Hall–Kier alpha value is -1.33. The largest absolute Gasteiger partial charge is 0.467 e. The van der Waals surface area contributed by atoms with Gasteiger partial charge >= 0.3 is 6.01 Å². The molecule has 0 radical (unpaired) electrons. The van der Waals surface area contributed by atoms with Crippen LogP contribution in [0, 0.1) is 0 Å². The third kappa shape index (κ3) is 3.31. The van der Waals surface area contributed by atoms with Crippen LogP contribution < -0.4 is 10.1 Å². The molecule has 0 spiro atoms.